The highest BCUT2D eigenvalue weighted by molar-refractivity contribution is 5.98. The SMILES string of the molecule is C=CC(CCCOCC1CO1)(O[SiH3])c1ccccc1. The van der Waals surface area contributed by atoms with Crippen LogP contribution < -0.4 is 0 Å². The van der Waals surface area contributed by atoms with E-state index in [0.29, 0.717) is 23.2 Å². The van der Waals surface area contributed by atoms with E-state index in [1.54, 1.807) is 0 Å². The van der Waals surface area contributed by atoms with Crippen molar-refractivity contribution in [3.05, 3.63) is 48.6 Å². The van der Waals surface area contributed by atoms with E-state index in [1.807, 2.05) is 24.3 Å². The van der Waals surface area contributed by atoms with E-state index in [1.165, 1.54) is 5.56 Å². The third kappa shape index (κ3) is 4.01. The maximum atomic E-state index is 5.85. The average Bonchev–Trinajstić information content (AvgIpc) is 3.28. The lowest BCUT2D eigenvalue weighted by Gasteiger charge is -2.30. The Morgan fingerprint density at radius 3 is 2.74 bits per heavy atom. The minimum Gasteiger partial charge on any atom is -0.415 e. The van der Waals surface area contributed by atoms with Crippen molar-refractivity contribution in [1.29, 1.82) is 0 Å². The molecule has 2 rings (SSSR count). The summed E-state index contributed by atoms with van der Waals surface area (Å²) in [4.78, 5) is 0. The first-order valence-electron chi connectivity index (χ1n) is 6.74. The molecule has 1 aromatic rings. The molecule has 1 aromatic carbocycles. The third-order valence-electron chi connectivity index (χ3n) is 3.50. The van der Waals surface area contributed by atoms with Gasteiger partial charge in [0.2, 0.25) is 0 Å². The van der Waals surface area contributed by atoms with Crippen LogP contribution in [0.25, 0.3) is 0 Å². The molecule has 2 atom stereocenters. The Morgan fingerprint density at radius 1 is 1.42 bits per heavy atom. The van der Waals surface area contributed by atoms with Crippen molar-refractivity contribution >= 4 is 10.5 Å². The molecule has 2 unspecified atom stereocenters. The predicted octanol–water partition coefficient (Wildman–Crippen LogP) is 1.56. The lowest BCUT2D eigenvalue weighted by molar-refractivity contribution is 0.0795. The van der Waals surface area contributed by atoms with Gasteiger partial charge in [-0.25, -0.2) is 0 Å². The second-order valence-electron chi connectivity index (χ2n) is 4.80. The summed E-state index contributed by atoms with van der Waals surface area (Å²) in [7, 11) is 0.685. The number of rotatable bonds is 9. The molecule has 0 aromatic heterocycles. The summed E-state index contributed by atoms with van der Waals surface area (Å²) in [6.07, 6.45) is 4.11. The van der Waals surface area contributed by atoms with Crippen LogP contribution >= 0.6 is 0 Å². The monoisotopic (exact) mass is 278 g/mol. The van der Waals surface area contributed by atoms with Crippen molar-refractivity contribution in [2.24, 2.45) is 0 Å². The van der Waals surface area contributed by atoms with Crippen molar-refractivity contribution in [3.8, 4) is 0 Å². The Balaban J connectivity index is 1.85. The van der Waals surface area contributed by atoms with E-state index in [4.69, 9.17) is 13.9 Å². The Labute approximate surface area is 118 Å². The highest BCUT2D eigenvalue weighted by atomic mass is 28.2. The second kappa shape index (κ2) is 7.00. The van der Waals surface area contributed by atoms with E-state index >= 15 is 0 Å². The largest absolute Gasteiger partial charge is 0.415 e. The molecule has 1 heterocycles. The van der Waals surface area contributed by atoms with Crippen molar-refractivity contribution in [2.75, 3.05) is 19.8 Å². The smallest absolute Gasteiger partial charge is 0.147 e. The molecular formula is C15H22O3Si. The van der Waals surface area contributed by atoms with Crippen LogP contribution in [0.2, 0.25) is 0 Å². The highest BCUT2D eigenvalue weighted by Crippen LogP contribution is 2.31. The normalized spacial score (nSPS) is 20.9. The number of hydrogen-bond acceptors (Lipinski definition) is 3. The lowest BCUT2D eigenvalue weighted by Crippen LogP contribution is -2.27. The van der Waals surface area contributed by atoms with Gasteiger partial charge < -0.3 is 13.9 Å². The molecule has 0 saturated carbocycles. The van der Waals surface area contributed by atoms with Crippen molar-refractivity contribution in [1.82, 2.24) is 0 Å². The van der Waals surface area contributed by atoms with Crippen LogP contribution in [0.15, 0.2) is 43.0 Å². The molecule has 0 spiro atoms. The topological polar surface area (TPSA) is 31.0 Å². The van der Waals surface area contributed by atoms with Crippen molar-refractivity contribution in [3.63, 3.8) is 0 Å². The molecule has 0 aliphatic carbocycles. The minimum absolute atomic E-state index is 0.341. The zero-order valence-corrected chi connectivity index (χ0v) is 13.5. The first-order valence-corrected chi connectivity index (χ1v) is 7.56. The predicted molar refractivity (Wildman–Crippen MR) is 79.1 cm³/mol. The molecule has 19 heavy (non-hydrogen) atoms. The van der Waals surface area contributed by atoms with Crippen LogP contribution in [-0.4, -0.2) is 36.4 Å². The summed E-state index contributed by atoms with van der Waals surface area (Å²) in [6.45, 7) is 6.27. The number of ether oxygens (including phenoxy) is 2. The van der Waals surface area contributed by atoms with Gasteiger partial charge in [-0.15, -0.1) is 0 Å². The van der Waals surface area contributed by atoms with Gasteiger partial charge in [-0.1, -0.05) is 43.0 Å². The van der Waals surface area contributed by atoms with Crippen LogP contribution in [0.4, 0.5) is 0 Å². The van der Waals surface area contributed by atoms with Crippen LogP contribution in [0.3, 0.4) is 0 Å². The maximum absolute atomic E-state index is 5.85. The molecule has 0 amide bonds. The molecule has 1 saturated heterocycles. The molecule has 0 radical (unpaired) electrons. The Hall–Kier alpha value is -0.943. The molecule has 3 nitrogen and oxygen atoms in total. The van der Waals surface area contributed by atoms with Crippen molar-refractivity contribution in [2.45, 2.75) is 24.5 Å². The summed E-state index contributed by atoms with van der Waals surface area (Å²) in [5.74, 6) is 0. The van der Waals surface area contributed by atoms with Crippen LogP contribution in [0.1, 0.15) is 18.4 Å². The minimum atomic E-state index is -0.354. The lowest BCUT2D eigenvalue weighted by atomic mass is 9.89. The van der Waals surface area contributed by atoms with E-state index < -0.39 is 0 Å². The van der Waals surface area contributed by atoms with E-state index in [2.05, 4.69) is 18.7 Å². The fourth-order valence-corrected chi connectivity index (χ4v) is 2.81. The highest BCUT2D eigenvalue weighted by Gasteiger charge is 2.27. The first-order chi connectivity index (χ1) is 9.30. The molecule has 1 aliphatic rings. The Bertz CT molecular complexity index is 392. The standard InChI is InChI=1S/C15H22O3Si/c1-2-15(18-19,13-7-4-3-5-8-13)9-6-10-16-11-14-12-17-14/h2-5,7-8,14H,1,6,9-12H2,19H3. The summed E-state index contributed by atoms with van der Waals surface area (Å²) in [5.41, 5.74) is 0.818. The van der Waals surface area contributed by atoms with E-state index in [9.17, 15) is 0 Å². The Morgan fingerprint density at radius 2 is 2.16 bits per heavy atom. The van der Waals surface area contributed by atoms with Gasteiger partial charge in [0.05, 0.1) is 18.8 Å². The van der Waals surface area contributed by atoms with Crippen molar-refractivity contribution < 1.29 is 13.9 Å². The zero-order valence-electron chi connectivity index (χ0n) is 11.5. The summed E-state index contributed by atoms with van der Waals surface area (Å²) < 4.78 is 16.5. The van der Waals surface area contributed by atoms with Gasteiger partial charge in [0.15, 0.2) is 0 Å². The molecule has 1 aliphatic heterocycles. The van der Waals surface area contributed by atoms with Gasteiger partial charge in [-0.3, -0.25) is 0 Å². The number of hydrogen-bond donors (Lipinski definition) is 0. The van der Waals surface area contributed by atoms with Gasteiger partial charge in [-0.2, -0.15) is 0 Å². The summed E-state index contributed by atoms with van der Waals surface area (Å²) in [5, 5.41) is 0. The van der Waals surface area contributed by atoms with Crippen LogP contribution in [0, 0.1) is 0 Å². The molecule has 0 bridgehead atoms. The van der Waals surface area contributed by atoms with Gasteiger partial charge >= 0.3 is 0 Å². The maximum Gasteiger partial charge on any atom is 0.147 e. The van der Waals surface area contributed by atoms with Gasteiger partial charge in [0.25, 0.3) is 0 Å². The van der Waals surface area contributed by atoms with Crippen LogP contribution in [0.5, 0.6) is 0 Å². The van der Waals surface area contributed by atoms with E-state index in [0.717, 1.165) is 26.1 Å². The first kappa shape index (κ1) is 14.5. The molecule has 1 fully saturated rings. The quantitative estimate of drug-likeness (QED) is 0.297. The molecular weight excluding hydrogens is 256 g/mol. The number of benzene rings is 1. The fraction of sp³-hybridized carbons (Fsp3) is 0.467. The summed E-state index contributed by atoms with van der Waals surface area (Å²) in [6, 6.07) is 10.3. The second-order valence-corrected chi connectivity index (χ2v) is 5.21. The molecule has 4 heteroatoms. The van der Waals surface area contributed by atoms with Gasteiger partial charge in [-0.05, 0) is 18.4 Å². The zero-order chi connectivity index (χ0) is 13.6. The summed E-state index contributed by atoms with van der Waals surface area (Å²) >= 11 is 0. The average molecular weight is 278 g/mol. The van der Waals surface area contributed by atoms with Crippen LogP contribution in [-0.2, 0) is 19.5 Å². The van der Waals surface area contributed by atoms with Gasteiger partial charge in [0.1, 0.15) is 16.6 Å². The number of epoxide rings is 1. The van der Waals surface area contributed by atoms with E-state index in [-0.39, 0.29) is 5.60 Å². The molecule has 104 valence electrons. The molecule has 0 N–H and O–H groups in total. The fourth-order valence-electron chi connectivity index (χ4n) is 2.20. The third-order valence-corrected chi connectivity index (χ3v) is 4.23. The van der Waals surface area contributed by atoms with Gasteiger partial charge in [0, 0.05) is 6.61 Å². The Kier molecular flexibility index (Phi) is 5.33.